The van der Waals surface area contributed by atoms with Crippen molar-refractivity contribution in [1.29, 1.82) is 0 Å². The van der Waals surface area contributed by atoms with Crippen LogP contribution in [-0.2, 0) is 16.6 Å². The Morgan fingerprint density at radius 3 is 2.76 bits per heavy atom. The molecule has 0 radical (unpaired) electrons. The molecule has 1 aromatic heterocycles. The van der Waals surface area contributed by atoms with Gasteiger partial charge in [-0.3, -0.25) is 0 Å². The van der Waals surface area contributed by atoms with Gasteiger partial charge in [0.05, 0.1) is 17.6 Å². The molecule has 1 aliphatic rings. The number of carboxylic acid groups (broad SMARTS) is 1. The van der Waals surface area contributed by atoms with Gasteiger partial charge in [0, 0.05) is 0 Å². The summed E-state index contributed by atoms with van der Waals surface area (Å²) in [5.41, 5.74) is -0.0198. The summed E-state index contributed by atoms with van der Waals surface area (Å²) in [4.78, 5) is 10.8. The molecule has 17 heavy (non-hydrogen) atoms. The molecule has 0 unspecified atom stereocenters. The zero-order chi connectivity index (χ0) is 12.7. The second kappa shape index (κ2) is 3.85. The lowest BCUT2D eigenvalue weighted by Gasteiger charge is -2.11. The van der Waals surface area contributed by atoms with Crippen LogP contribution in [-0.4, -0.2) is 24.2 Å². The Labute approximate surface area is 98.7 Å². The highest BCUT2D eigenvalue weighted by molar-refractivity contribution is 7.91. The molecule has 1 saturated carbocycles. The summed E-state index contributed by atoms with van der Waals surface area (Å²) in [5, 5.41) is 8.82. The highest BCUT2D eigenvalue weighted by Crippen LogP contribution is 2.42. The molecule has 0 amide bonds. The summed E-state index contributed by atoms with van der Waals surface area (Å²) in [6.45, 7) is 1.53. The summed E-state index contributed by atoms with van der Waals surface area (Å²) >= 11 is 0. The summed E-state index contributed by atoms with van der Waals surface area (Å²) in [7, 11) is -3.41. The van der Waals surface area contributed by atoms with Crippen LogP contribution in [0.1, 0.15) is 35.9 Å². The molecular formula is C10H13NO5S. The van der Waals surface area contributed by atoms with Gasteiger partial charge in [-0.1, -0.05) is 0 Å². The van der Waals surface area contributed by atoms with Gasteiger partial charge in [0.2, 0.25) is 10.0 Å². The molecule has 0 bridgehead atoms. The lowest BCUT2D eigenvalue weighted by atomic mass is 10.2. The van der Waals surface area contributed by atoms with Crippen molar-refractivity contribution < 1.29 is 22.7 Å². The van der Waals surface area contributed by atoms with E-state index in [0.717, 1.165) is 0 Å². The standard InChI is InChI=1S/C10H13NO5S/c1-10(3-4-10)17(14,15)11-6-8-7(9(12)13)2-5-16-8/h2,5,11H,3-4,6H2,1H3,(H,12,13). The maximum atomic E-state index is 11.8. The van der Waals surface area contributed by atoms with Crippen LogP contribution in [0.5, 0.6) is 0 Å². The largest absolute Gasteiger partial charge is 0.478 e. The zero-order valence-corrected chi connectivity index (χ0v) is 10.1. The van der Waals surface area contributed by atoms with Crippen molar-refractivity contribution in [2.24, 2.45) is 0 Å². The van der Waals surface area contributed by atoms with Gasteiger partial charge in [-0.2, -0.15) is 0 Å². The molecule has 0 atom stereocenters. The van der Waals surface area contributed by atoms with Gasteiger partial charge in [-0.25, -0.2) is 17.9 Å². The maximum Gasteiger partial charge on any atom is 0.339 e. The molecule has 0 spiro atoms. The number of rotatable bonds is 5. The Hall–Kier alpha value is -1.34. The average molecular weight is 259 g/mol. The van der Waals surface area contributed by atoms with Gasteiger partial charge in [-0.05, 0) is 25.8 Å². The van der Waals surface area contributed by atoms with Gasteiger partial charge < -0.3 is 9.52 Å². The van der Waals surface area contributed by atoms with E-state index in [-0.39, 0.29) is 17.9 Å². The molecule has 6 nitrogen and oxygen atoms in total. The predicted molar refractivity (Wildman–Crippen MR) is 59.1 cm³/mol. The summed E-state index contributed by atoms with van der Waals surface area (Å²) < 4.78 is 30.2. The van der Waals surface area contributed by atoms with Gasteiger partial charge in [0.25, 0.3) is 0 Å². The first-order valence-electron chi connectivity index (χ1n) is 5.15. The van der Waals surface area contributed by atoms with Crippen LogP contribution in [0.3, 0.4) is 0 Å². The molecule has 1 aromatic rings. The first-order valence-corrected chi connectivity index (χ1v) is 6.63. The van der Waals surface area contributed by atoms with Crippen molar-refractivity contribution in [2.75, 3.05) is 0 Å². The van der Waals surface area contributed by atoms with Gasteiger partial charge in [0.1, 0.15) is 11.3 Å². The van der Waals surface area contributed by atoms with E-state index >= 15 is 0 Å². The van der Waals surface area contributed by atoms with Crippen LogP contribution in [0.2, 0.25) is 0 Å². The Kier molecular flexibility index (Phi) is 2.75. The van der Waals surface area contributed by atoms with Crippen LogP contribution < -0.4 is 4.72 Å². The van der Waals surface area contributed by atoms with Gasteiger partial charge >= 0.3 is 5.97 Å². The molecule has 0 saturated heterocycles. The number of nitrogens with one attached hydrogen (secondary N) is 1. The van der Waals surface area contributed by atoms with Crippen LogP contribution in [0.4, 0.5) is 0 Å². The van der Waals surface area contributed by atoms with E-state index in [1.165, 1.54) is 12.3 Å². The van der Waals surface area contributed by atoms with Crippen molar-refractivity contribution >= 4 is 16.0 Å². The van der Waals surface area contributed by atoms with Crippen molar-refractivity contribution in [2.45, 2.75) is 31.1 Å². The predicted octanol–water partition coefficient (Wildman–Crippen LogP) is 0.950. The highest BCUT2D eigenvalue weighted by Gasteiger charge is 2.49. The molecule has 2 N–H and O–H groups in total. The van der Waals surface area contributed by atoms with Crippen molar-refractivity contribution in [3.63, 3.8) is 0 Å². The first-order chi connectivity index (χ1) is 7.86. The van der Waals surface area contributed by atoms with Crippen molar-refractivity contribution in [3.8, 4) is 0 Å². The Bertz CT molecular complexity index is 541. The van der Waals surface area contributed by atoms with Crippen molar-refractivity contribution in [1.82, 2.24) is 4.72 Å². The molecule has 94 valence electrons. The van der Waals surface area contributed by atoms with E-state index < -0.39 is 20.7 Å². The SMILES string of the molecule is CC1(S(=O)(=O)NCc2occc2C(=O)O)CC1. The minimum atomic E-state index is -3.41. The second-order valence-corrected chi connectivity index (χ2v) is 6.62. The molecule has 7 heteroatoms. The number of hydrogen-bond donors (Lipinski definition) is 2. The van der Waals surface area contributed by atoms with Crippen molar-refractivity contribution in [3.05, 3.63) is 23.7 Å². The third kappa shape index (κ3) is 2.20. The van der Waals surface area contributed by atoms with E-state index in [0.29, 0.717) is 12.8 Å². The number of sulfonamides is 1. The normalized spacial score (nSPS) is 17.9. The number of carbonyl (C=O) groups is 1. The molecule has 1 aliphatic carbocycles. The highest BCUT2D eigenvalue weighted by atomic mass is 32.2. The fraction of sp³-hybridized carbons (Fsp3) is 0.500. The first kappa shape index (κ1) is 12.1. The smallest absolute Gasteiger partial charge is 0.339 e. The third-order valence-electron chi connectivity index (χ3n) is 3.00. The average Bonchev–Trinajstić information content (AvgIpc) is 2.82. The lowest BCUT2D eigenvalue weighted by molar-refractivity contribution is 0.0694. The fourth-order valence-corrected chi connectivity index (χ4v) is 2.76. The van der Waals surface area contributed by atoms with Crippen LogP contribution in [0.15, 0.2) is 16.7 Å². The second-order valence-electron chi connectivity index (χ2n) is 4.34. The molecule has 1 heterocycles. The molecule has 0 aromatic carbocycles. The Morgan fingerprint density at radius 1 is 1.59 bits per heavy atom. The summed E-state index contributed by atoms with van der Waals surface area (Å²) in [6, 6.07) is 1.30. The Morgan fingerprint density at radius 2 is 2.24 bits per heavy atom. The number of hydrogen-bond acceptors (Lipinski definition) is 4. The Balaban J connectivity index is 2.08. The minimum absolute atomic E-state index is 0.0198. The monoisotopic (exact) mass is 259 g/mol. The molecular weight excluding hydrogens is 246 g/mol. The third-order valence-corrected chi connectivity index (χ3v) is 5.23. The summed E-state index contributed by atoms with van der Waals surface area (Å²) in [6.07, 6.45) is 2.49. The van der Waals surface area contributed by atoms with Crippen LogP contribution in [0, 0.1) is 0 Å². The van der Waals surface area contributed by atoms with E-state index in [1.807, 2.05) is 0 Å². The van der Waals surface area contributed by atoms with E-state index in [2.05, 4.69) is 4.72 Å². The fourth-order valence-electron chi connectivity index (χ4n) is 1.45. The quantitative estimate of drug-likeness (QED) is 0.820. The van der Waals surface area contributed by atoms with E-state index in [4.69, 9.17) is 9.52 Å². The molecule has 0 aliphatic heterocycles. The molecule has 1 fully saturated rings. The minimum Gasteiger partial charge on any atom is -0.478 e. The topological polar surface area (TPSA) is 96.6 Å². The number of aromatic carboxylic acids is 1. The number of carboxylic acids is 1. The zero-order valence-electron chi connectivity index (χ0n) is 9.26. The lowest BCUT2D eigenvalue weighted by Crippen LogP contribution is -2.33. The van der Waals surface area contributed by atoms with E-state index in [9.17, 15) is 13.2 Å². The van der Waals surface area contributed by atoms with E-state index in [1.54, 1.807) is 6.92 Å². The summed E-state index contributed by atoms with van der Waals surface area (Å²) in [5.74, 6) is -1.02. The molecule has 2 rings (SSSR count). The maximum absolute atomic E-state index is 11.8. The number of furan rings is 1. The van der Waals surface area contributed by atoms with Gasteiger partial charge in [0.15, 0.2) is 0 Å². The van der Waals surface area contributed by atoms with Crippen LogP contribution >= 0.6 is 0 Å². The van der Waals surface area contributed by atoms with Crippen LogP contribution in [0.25, 0.3) is 0 Å². The van der Waals surface area contributed by atoms with Gasteiger partial charge in [-0.15, -0.1) is 0 Å².